The van der Waals surface area contributed by atoms with Crippen molar-refractivity contribution in [2.24, 2.45) is 5.73 Å². The van der Waals surface area contributed by atoms with Gasteiger partial charge in [-0.3, -0.25) is 5.41 Å². The minimum Gasteiger partial charge on any atom is -0.395 e. The second-order valence-electron chi connectivity index (χ2n) is 5.48. The minimum atomic E-state index is 0.105. The summed E-state index contributed by atoms with van der Waals surface area (Å²) in [6.45, 7) is 0.722. The molecule has 0 amide bonds. The standard InChI is InChI=1S/C16H25N3OS/c1-21-14-9-5-8-13(15(14)16(17)18)19(10-11-20)12-6-3-2-4-7-12/h5,8-9,12,20H,2-4,6-7,10-11H2,1H3,(H3,17,18). The number of hydrogen-bond donors (Lipinski definition) is 3. The van der Waals surface area contributed by atoms with E-state index in [9.17, 15) is 5.11 Å². The van der Waals surface area contributed by atoms with Gasteiger partial charge in [0.2, 0.25) is 0 Å². The Balaban J connectivity index is 2.41. The van der Waals surface area contributed by atoms with E-state index in [1.54, 1.807) is 11.8 Å². The van der Waals surface area contributed by atoms with Gasteiger partial charge in [0, 0.05) is 23.2 Å². The molecule has 1 aliphatic carbocycles. The minimum absolute atomic E-state index is 0.105. The summed E-state index contributed by atoms with van der Waals surface area (Å²) in [5, 5.41) is 17.4. The molecule has 0 unspecified atom stereocenters. The van der Waals surface area contributed by atoms with Gasteiger partial charge in [-0.1, -0.05) is 25.3 Å². The number of aliphatic hydroxyl groups excluding tert-OH is 1. The predicted molar refractivity (Wildman–Crippen MR) is 90.5 cm³/mol. The number of rotatable bonds is 6. The second-order valence-corrected chi connectivity index (χ2v) is 6.32. The zero-order chi connectivity index (χ0) is 15.2. The Kier molecular flexibility index (Phi) is 5.94. The molecule has 4 nitrogen and oxygen atoms in total. The van der Waals surface area contributed by atoms with E-state index in [-0.39, 0.29) is 12.4 Å². The molecule has 0 aromatic heterocycles. The monoisotopic (exact) mass is 307 g/mol. The molecule has 0 saturated heterocycles. The van der Waals surface area contributed by atoms with Gasteiger partial charge in [0.25, 0.3) is 0 Å². The van der Waals surface area contributed by atoms with Crippen LogP contribution in [0.5, 0.6) is 0 Å². The van der Waals surface area contributed by atoms with Crippen LogP contribution in [0.25, 0.3) is 0 Å². The molecule has 5 heteroatoms. The molecule has 0 spiro atoms. The topological polar surface area (TPSA) is 73.3 Å². The lowest BCUT2D eigenvalue weighted by Crippen LogP contribution is -2.40. The summed E-state index contributed by atoms with van der Waals surface area (Å²) in [7, 11) is 0. The predicted octanol–water partition coefficient (Wildman–Crippen LogP) is 2.82. The van der Waals surface area contributed by atoms with Crippen LogP contribution in [0.3, 0.4) is 0 Å². The van der Waals surface area contributed by atoms with Crippen LogP contribution < -0.4 is 10.6 Å². The highest BCUT2D eigenvalue weighted by molar-refractivity contribution is 7.98. The largest absolute Gasteiger partial charge is 0.395 e. The van der Waals surface area contributed by atoms with Gasteiger partial charge in [-0.2, -0.15) is 0 Å². The summed E-state index contributed by atoms with van der Waals surface area (Å²) in [4.78, 5) is 3.29. The first-order valence-electron chi connectivity index (χ1n) is 7.58. The lowest BCUT2D eigenvalue weighted by Gasteiger charge is -2.37. The summed E-state index contributed by atoms with van der Waals surface area (Å²) < 4.78 is 0. The van der Waals surface area contributed by atoms with E-state index in [2.05, 4.69) is 4.90 Å². The highest BCUT2D eigenvalue weighted by Gasteiger charge is 2.24. The van der Waals surface area contributed by atoms with Gasteiger partial charge < -0.3 is 15.7 Å². The molecular weight excluding hydrogens is 282 g/mol. The van der Waals surface area contributed by atoms with Crippen molar-refractivity contribution in [2.75, 3.05) is 24.3 Å². The maximum Gasteiger partial charge on any atom is 0.126 e. The number of thioether (sulfide) groups is 1. The number of nitrogens with two attached hydrogens (primary N) is 1. The molecule has 1 fully saturated rings. The van der Waals surface area contributed by atoms with Crippen molar-refractivity contribution < 1.29 is 5.11 Å². The molecule has 0 bridgehead atoms. The fourth-order valence-corrected chi connectivity index (χ4v) is 3.83. The maximum absolute atomic E-state index is 9.45. The van der Waals surface area contributed by atoms with Crippen LogP contribution in [-0.4, -0.2) is 36.4 Å². The van der Waals surface area contributed by atoms with Crippen molar-refractivity contribution in [3.05, 3.63) is 23.8 Å². The normalized spacial score (nSPS) is 15.9. The summed E-state index contributed by atoms with van der Waals surface area (Å²) >= 11 is 1.61. The molecular formula is C16H25N3OS. The number of nitrogen functional groups attached to an aromatic ring is 1. The van der Waals surface area contributed by atoms with Gasteiger partial charge in [0.15, 0.2) is 0 Å². The number of nitrogens with one attached hydrogen (secondary N) is 1. The van der Waals surface area contributed by atoms with Crippen LogP contribution in [0.15, 0.2) is 23.1 Å². The molecule has 0 aliphatic heterocycles. The Labute approximate surface area is 131 Å². The van der Waals surface area contributed by atoms with Crippen molar-refractivity contribution in [1.29, 1.82) is 5.41 Å². The smallest absolute Gasteiger partial charge is 0.126 e. The Morgan fingerprint density at radius 1 is 1.38 bits per heavy atom. The summed E-state index contributed by atoms with van der Waals surface area (Å²) in [5.74, 6) is 0.105. The average molecular weight is 307 g/mol. The molecule has 1 saturated carbocycles. The first-order chi connectivity index (χ1) is 10.2. The number of amidine groups is 1. The average Bonchev–Trinajstić information content (AvgIpc) is 2.52. The van der Waals surface area contributed by atoms with E-state index < -0.39 is 0 Å². The first-order valence-corrected chi connectivity index (χ1v) is 8.80. The molecule has 21 heavy (non-hydrogen) atoms. The van der Waals surface area contributed by atoms with E-state index >= 15 is 0 Å². The van der Waals surface area contributed by atoms with Gasteiger partial charge in [-0.15, -0.1) is 11.8 Å². The molecule has 116 valence electrons. The van der Waals surface area contributed by atoms with Gasteiger partial charge in [0.1, 0.15) is 5.84 Å². The molecule has 1 aromatic rings. The van der Waals surface area contributed by atoms with Gasteiger partial charge >= 0.3 is 0 Å². The van der Waals surface area contributed by atoms with Crippen molar-refractivity contribution in [3.63, 3.8) is 0 Å². The summed E-state index contributed by atoms with van der Waals surface area (Å²) in [5.41, 5.74) is 7.64. The molecule has 2 rings (SSSR count). The third-order valence-corrected chi connectivity index (χ3v) is 4.94. The van der Waals surface area contributed by atoms with Crippen LogP contribution in [0.4, 0.5) is 5.69 Å². The fraction of sp³-hybridized carbons (Fsp3) is 0.562. The van der Waals surface area contributed by atoms with Crippen LogP contribution in [0.1, 0.15) is 37.7 Å². The highest BCUT2D eigenvalue weighted by atomic mass is 32.2. The Bertz CT molecular complexity index is 486. The molecule has 0 radical (unpaired) electrons. The second kappa shape index (κ2) is 7.71. The Morgan fingerprint density at radius 2 is 2.10 bits per heavy atom. The summed E-state index contributed by atoms with van der Waals surface area (Å²) in [6.07, 6.45) is 8.09. The SMILES string of the molecule is CSc1cccc(N(CCO)C2CCCCC2)c1C(=N)N. The lowest BCUT2D eigenvalue weighted by atomic mass is 9.93. The number of anilines is 1. The molecule has 1 aromatic carbocycles. The third kappa shape index (κ3) is 3.71. The Morgan fingerprint density at radius 3 is 2.67 bits per heavy atom. The quantitative estimate of drug-likeness (QED) is 0.429. The number of nitrogens with zero attached hydrogens (tertiary/aromatic N) is 1. The van der Waals surface area contributed by atoms with Crippen molar-refractivity contribution >= 4 is 23.3 Å². The molecule has 4 N–H and O–H groups in total. The van der Waals surface area contributed by atoms with Crippen LogP contribution in [0, 0.1) is 5.41 Å². The fourth-order valence-electron chi connectivity index (χ4n) is 3.20. The van der Waals surface area contributed by atoms with Crippen LogP contribution in [0.2, 0.25) is 0 Å². The number of hydrogen-bond acceptors (Lipinski definition) is 4. The van der Waals surface area contributed by atoms with Crippen LogP contribution in [-0.2, 0) is 0 Å². The summed E-state index contributed by atoms with van der Waals surface area (Å²) in [6, 6.07) is 6.49. The molecule has 1 aliphatic rings. The van der Waals surface area contributed by atoms with Crippen LogP contribution >= 0.6 is 11.8 Å². The van der Waals surface area contributed by atoms with Crippen molar-refractivity contribution in [1.82, 2.24) is 0 Å². The van der Waals surface area contributed by atoms with Gasteiger partial charge in [0.05, 0.1) is 12.2 Å². The number of aliphatic hydroxyl groups is 1. The Hall–Kier alpha value is -1.20. The van der Waals surface area contributed by atoms with Crippen molar-refractivity contribution in [3.8, 4) is 0 Å². The van der Waals surface area contributed by atoms with E-state index in [1.807, 2.05) is 24.5 Å². The van der Waals surface area contributed by atoms with E-state index in [0.717, 1.165) is 29.0 Å². The lowest BCUT2D eigenvalue weighted by molar-refractivity contribution is 0.290. The van der Waals surface area contributed by atoms with Gasteiger partial charge in [-0.25, -0.2) is 0 Å². The highest BCUT2D eigenvalue weighted by Crippen LogP contribution is 2.33. The maximum atomic E-state index is 9.45. The third-order valence-electron chi connectivity index (χ3n) is 4.16. The molecule has 0 atom stereocenters. The zero-order valence-electron chi connectivity index (χ0n) is 12.6. The van der Waals surface area contributed by atoms with E-state index in [0.29, 0.717) is 12.6 Å². The van der Waals surface area contributed by atoms with E-state index in [1.165, 1.54) is 19.3 Å². The zero-order valence-corrected chi connectivity index (χ0v) is 13.5. The van der Waals surface area contributed by atoms with Crippen molar-refractivity contribution in [2.45, 2.75) is 43.0 Å². The first kappa shape index (κ1) is 16.2. The molecule has 0 heterocycles. The van der Waals surface area contributed by atoms with Gasteiger partial charge in [-0.05, 0) is 31.2 Å². The van der Waals surface area contributed by atoms with E-state index in [4.69, 9.17) is 11.1 Å². The number of benzene rings is 1.